The monoisotopic (exact) mass is 409 g/mol. The Morgan fingerprint density at radius 1 is 1.10 bits per heavy atom. The Kier molecular flexibility index (Phi) is 7.96. The molecule has 1 atom stereocenters. The first-order valence-electron chi connectivity index (χ1n) is 12.4. The minimum atomic E-state index is 0.307. The maximum absolute atomic E-state index is 13.3. The number of hydrogen-bond donors (Lipinski definition) is 0. The number of rotatable bonds is 7. The molecule has 30 heavy (non-hydrogen) atoms. The van der Waals surface area contributed by atoms with Crippen LogP contribution in [-0.2, 0) is 11.3 Å². The minimum absolute atomic E-state index is 0.307. The number of carbonyl (C=O) groups is 1. The molecule has 0 bridgehead atoms. The molecule has 1 aromatic rings. The van der Waals surface area contributed by atoms with E-state index in [9.17, 15) is 4.79 Å². The van der Waals surface area contributed by atoms with Crippen molar-refractivity contribution in [1.82, 2.24) is 14.8 Å². The molecule has 1 saturated carbocycles. The van der Waals surface area contributed by atoms with Crippen LogP contribution in [0, 0.1) is 5.92 Å². The van der Waals surface area contributed by atoms with Crippen molar-refractivity contribution in [2.24, 2.45) is 5.92 Å². The van der Waals surface area contributed by atoms with Gasteiger partial charge in [-0.25, -0.2) is 0 Å². The number of amides is 1. The summed E-state index contributed by atoms with van der Waals surface area (Å²) in [7, 11) is 0. The smallest absolute Gasteiger partial charge is 0.226 e. The number of hydrogen-bond acceptors (Lipinski definition) is 3. The summed E-state index contributed by atoms with van der Waals surface area (Å²) in [4.78, 5) is 22.5. The molecule has 164 valence electrons. The Balaban J connectivity index is 1.40. The normalized spacial score (nSPS) is 23.7. The first-order chi connectivity index (χ1) is 14.8. The third-order valence-electron chi connectivity index (χ3n) is 7.33. The van der Waals surface area contributed by atoms with E-state index < -0.39 is 0 Å². The van der Waals surface area contributed by atoms with Gasteiger partial charge in [0.2, 0.25) is 5.91 Å². The highest BCUT2D eigenvalue weighted by atomic mass is 16.2. The molecule has 2 fully saturated rings. The Hall–Kier alpha value is -1.68. The molecule has 1 amide bonds. The summed E-state index contributed by atoms with van der Waals surface area (Å²) >= 11 is 0. The molecule has 4 nitrogen and oxygen atoms in total. The topological polar surface area (TPSA) is 36.4 Å². The van der Waals surface area contributed by atoms with Crippen LogP contribution >= 0.6 is 0 Å². The minimum Gasteiger partial charge on any atom is -0.338 e. The van der Waals surface area contributed by atoms with Crippen LogP contribution in [0.15, 0.2) is 36.2 Å². The van der Waals surface area contributed by atoms with Gasteiger partial charge in [0.25, 0.3) is 0 Å². The summed E-state index contributed by atoms with van der Waals surface area (Å²) in [5.41, 5.74) is 2.50. The molecule has 0 aromatic carbocycles. The zero-order chi connectivity index (χ0) is 20.6. The zero-order valence-electron chi connectivity index (χ0n) is 18.6. The number of piperidine rings is 1. The molecule has 2 aliphatic carbocycles. The number of carbonyl (C=O) groups excluding carboxylic acids is 1. The lowest BCUT2D eigenvalue weighted by Crippen LogP contribution is -2.47. The second-order valence-corrected chi connectivity index (χ2v) is 9.72. The van der Waals surface area contributed by atoms with Gasteiger partial charge in [0.05, 0.1) is 0 Å². The quantitative estimate of drug-likeness (QED) is 0.570. The van der Waals surface area contributed by atoms with Gasteiger partial charge < -0.3 is 9.80 Å². The van der Waals surface area contributed by atoms with Crippen molar-refractivity contribution in [2.75, 3.05) is 19.6 Å². The van der Waals surface area contributed by atoms with Gasteiger partial charge in [0.1, 0.15) is 0 Å². The van der Waals surface area contributed by atoms with Crippen LogP contribution in [0.25, 0.3) is 0 Å². The maximum atomic E-state index is 13.3. The van der Waals surface area contributed by atoms with Crippen molar-refractivity contribution in [1.29, 1.82) is 0 Å². The molecule has 0 N–H and O–H groups in total. The summed E-state index contributed by atoms with van der Waals surface area (Å²) in [5.74, 6) is 0.906. The van der Waals surface area contributed by atoms with Gasteiger partial charge >= 0.3 is 0 Å². The third kappa shape index (κ3) is 6.16. The van der Waals surface area contributed by atoms with E-state index in [1.807, 2.05) is 18.5 Å². The fourth-order valence-corrected chi connectivity index (χ4v) is 5.67. The van der Waals surface area contributed by atoms with E-state index in [-0.39, 0.29) is 0 Å². The van der Waals surface area contributed by atoms with E-state index in [0.717, 1.165) is 31.0 Å². The Morgan fingerprint density at radius 2 is 2.00 bits per heavy atom. The molecule has 1 saturated heterocycles. The second-order valence-electron chi connectivity index (χ2n) is 9.72. The molecule has 2 heterocycles. The Bertz CT molecular complexity index is 695. The molecule has 4 heteroatoms. The van der Waals surface area contributed by atoms with Gasteiger partial charge in [-0.2, -0.15) is 0 Å². The average molecular weight is 410 g/mol. The van der Waals surface area contributed by atoms with Crippen molar-refractivity contribution in [3.05, 3.63) is 41.7 Å². The van der Waals surface area contributed by atoms with Gasteiger partial charge in [0.15, 0.2) is 0 Å². The summed E-state index contributed by atoms with van der Waals surface area (Å²) in [6, 6.07) is 4.87. The van der Waals surface area contributed by atoms with E-state index in [4.69, 9.17) is 0 Å². The Morgan fingerprint density at radius 3 is 2.77 bits per heavy atom. The number of nitrogens with zero attached hydrogens (tertiary/aromatic N) is 3. The van der Waals surface area contributed by atoms with Gasteiger partial charge in [-0.1, -0.05) is 37.0 Å². The van der Waals surface area contributed by atoms with Crippen molar-refractivity contribution < 1.29 is 4.79 Å². The van der Waals surface area contributed by atoms with Crippen molar-refractivity contribution in [3.8, 4) is 0 Å². The van der Waals surface area contributed by atoms with Gasteiger partial charge in [-0.3, -0.25) is 9.78 Å². The fraction of sp³-hybridized carbons (Fsp3) is 0.692. The lowest BCUT2D eigenvalue weighted by atomic mass is 9.90. The highest BCUT2D eigenvalue weighted by molar-refractivity contribution is 5.78. The van der Waals surface area contributed by atoms with Gasteiger partial charge in [0, 0.05) is 44.5 Å². The number of likely N-dealkylation sites (tertiary alicyclic amines) is 1. The first kappa shape index (κ1) is 21.5. The fourth-order valence-electron chi connectivity index (χ4n) is 5.67. The lowest BCUT2D eigenvalue weighted by Gasteiger charge is -2.41. The van der Waals surface area contributed by atoms with Crippen molar-refractivity contribution in [2.45, 2.75) is 89.6 Å². The molecule has 3 aliphatic rings. The van der Waals surface area contributed by atoms with Crippen molar-refractivity contribution >= 4 is 5.91 Å². The van der Waals surface area contributed by atoms with E-state index in [2.05, 4.69) is 26.9 Å². The van der Waals surface area contributed by atoms with Crippen LogP contribution < -0.4 is 0 Å². The molecule has 1 aliphatic heterocycles. The highest BCUT2D eigenvalue weighted by Crippen LogP contribution is 2.28. The zero-order valence-corrected chi connectivity index (χ0v) is 18.6. The second kappa shape index (κ2) is 11.1. The Labute approximate surface area is 182 Å². The van der Waals surface area contributed by atoms with E-state index in [1.54, 1.807) is 0 Å². The van der Waals surface area contributed by atoms with Gasteiger partial charge in [-0.15, -0.1) is 0 Å². The molecule has 0 unspecified atom stereocenters. The molecular weight excluding hydrogens is 370 g/mol. The molecule has 4 rings (SSSR count). The largest absolute Gasteiger partial charge is 0.338 e. The predicted octanol–water partition coefficient (Wildman–Crippen LogP) is 5.35. The summed E-state index contributed by atoms with van der Waals surface area (Å²) in [6.45, 7) is 4.01. The molecule has 0 spiro atoms. The van der Waals surface area contributed by atoms with Crippen LogP contribution in [0.3, 0.4) is 0 Å². The highest BCUT2D eigenvalue weighted by Gasteiger charge is 2.29. The van der Waals surface area contributed by atoms with Crippen molar-refractivity contribution in [3.63, 3.8) is 0 Å². The average Bonchev–Trinajstić information content (AvgIpc) is 2.81. The molecule has 1 aromatic heterocycles. The summed E-state index contributed by atoms with van der Waals surface area (Å²) in [5, 5.41) is 0. The molecule has 0 radical (unpaired) electrons. The number of pyridine rings is 1. The number of aromatic nitrogens is 1. The summed E-state index contributed by atoms with van der Waals surface area (Å²) < 4.78 is 0. The predicted molar refractivity (Wildman–Crippen MR) is 122 cm³/mol. The molecular formula is C26H39N3O. The van der Waals surface area contributed by atoms with E-state index >= 15 is 0 Å². The van der Waals surface area contributed by atoms with Gasteiger partial charge in [-0.05, 0) is 75.5 Å². The standard InChI is InChI=1S/C26H39N3O/c30-26(17-22-9-3-1-4-10-22)29(19-23-11-7-15-27-18-23)21-24-12-8-16-28(20-24)25-13-5-2-6-14-25/h7,9,11,15,18,24-25H,1-6,8,10,12-14,16-17,19-21H2/t24-/m0/s1. The summed E-state index contributed by atoms with van der Waals surface area (Å²) in [6.07, 6.45) is 20.9. The van der Waals surface area contributed by atoms with Crippen LogP contribution in [0.4, 0.5) is 0 Å². The van der Waals surface area contributed by atoms with Crippen LogP contribution in [0.2, 0.25) is 0 Å². The van der Waals surface area contributed by atoms with Crippen LogP contribution in [-0.4, -0.2) is 46.4 Å². The third-order valence-corrected chi connectivity index (χ3v) is 7.33. The van der Waals surface area contributed by atoms with Crippen LogP contribution in [0.1, 0.15) is 82.6 Å². The SMILES string of the molecule is O=C(CC1=CCCCC1)N(Cc1cccnc1)C[C@H]1CCCN(C2CCCCC2)C1. The van der Waals surface area contributed by atoms with E-state index in [1.165, 1.54) is 76.5 Å². The number of allylic oxidation sites excluding steroid dienone is 1. The van der Waals surface area contributed by atoms with Crippen LogP contribution in [0.5, 0.6) is 0 Å². The van der Waals surface area contributed by atoms with E-state index in [0.29, 0.717) is 24.8 Å². The maximum Gasteiger partial charge on any atom is 0.226 e. The first-order valence-corrected chi connectivity index (χ1v) is 12.4. The lowest BCUT2D eigenvalue weighted by molar-refractivity contribution is -0.132.